The second-order valence-electron chi connectivity index (χ2n) is 5.33. The van der Waals surface area contributed by atoms with E-state index in [-0.39, 0.29) is 30.7 Å². The van der Waals surface area contributed by atoms with Crippen LogP contribution in [-0.4, -0.2) is 28.7 Å². The number of aliphatic hydroxyl groups is 1. The molecule has 2 atom stereocenters. The molecule has 0 bridgehead atoms. The van der Waals surface area contributed by atoms with Gasteiger partial charge in [-0.25, -0.2) is 0 Å². The molecule has 23 heavy (non-hydrogen) atoms. The smallest absolute Gasteiger partial charge is 0.306 e. The minimum atomic E-state index is -1.89. The summed E-state index contributed by atoms with van der Waals surface area (Å²) in [7, 11) is 0. The van der Waals surface area contributed by atoms with Gasteiger partial charge in [0.05, 0.1) is 19.3 Å². The standard InChI is InChI=1S/C17H21NO5/c1-2-15-13(8-10-23-17(15,18)21)11-16(20)22-9-7-12-3-5-14(19)6-4-12/h2-6,8,10,13,19,21H,7,9,11,18H2,1H3/b15-2+/t13-,17?/m0/s1. The molecule has 1 heterocycles. The molecule has 1 aliphatic rings. The average molecular weight is 319 g/mol. The number of ether oxygens (including phenoxy) is 2. The second kappa shape index (κ2) is 7.30. The summed E-state index contributed by atoms with van der Waals surface area (Å²) in [5.41, 5.74) is 7.02. The number of hydrogen-bond donors (Lipinski definition) is 3. The molecule has 0 saturated carbocycles. The Balaban J connectivity index is 1.83. The molecule has 2 rings (SSSR count). The number of benzene rings is 1. The van der Waals surface area contributed by atoms with Crippen molar-refractivity contribution in [2.45, 2.75) is 25.7 Å². The zero-order valence-corrected chi connectivity index (χ0v) is 12.9. The topological polar surface area (TPSA) is 102 Å². The molecule has 0 aromatic heterocycles. The lowest BCUT2D eigenvalue weighted by Crippen LogP contribution is -2.47. The molecule has 0 spiro atoms. The quantitative estimate of drug-likeness (QED) is 0.433. The molecule has 1 aromatic rings. The Bertz CT molecular complexity index is 604. The third kappa shape index (κ3) is 4.58. The predicted molar refractivity (Wildman–Crippen MR) is 84.0 cm³/mol. The van der Waals surface area contributed by atoms with Crippen LogP contribution in [0.1, 0.15) is 18.9 Å². The van der Waals surface area contributed by atoms with Gasteiger partial charge in [0.1, 0.15) is 5.75 Å². The third-order valence-electron chi connectivity index (χ3n) is 3.66. The van der Waals surface area contributed by atoms with Crippen LogP contribution in [-0.2, 0) is 20.7 Å². The number of carbonyl (C=O) groups is 1. The highest BCUT2D eigenvalue weighted by Gasteiger charge is 2.36. The van der Waals surface area contributed by atoms with Crippen LogP contribution in [0.15, 0.2) is 48.3 Å². The Morgan fingerprint density at radius 3 is 2.78 bits per heavy atom. The van der Waals surface area contributed by atoms with Crippen molar-refractivity contribution in [3.05, 3.63) is 53.8 Å². The van der Waals surface area contributed by atoms with Crippen molar-refractivity contribution in [3.8, 4) is 5.75 Å². The van der Waals surface area contributed by atoms with Crippen molar-refractivity contribution in [1.29, 1.82) is 0 Å². The van der Waals surface area contributed by atoms with Gasteiger partial charge in [0, 0.05) is 17.9 Å². The lowest BCUT2D eigenvalue weighted by Gasteiger charge is -2.32. The van der Waals surface area contributed by atoms with Crippen LogP contribution in [0.4, 0.5) is 0 Å². The summed E-state index contributed by atoms with van der Waals surface area (Å²) in [6.07, 6.45) is 5.23. The maximum atomic E-state index is 11.9. The molecule has 0 saturated heterocycles. The number of nitrogens with two attached hydrogens (primary N) is 1. The van der Waals surface area contributed by atoms with Gasteiger partial charge in [-0.1, -0.05) is 18.2 Å². The lowest BCUT2D eigenvalue weighted by atomic mass is 9.91. The Hall–Kier alpha value is -2.31. The summed E-state index contributed by atoms with van der Waals surface area (Å²) >= 11 is 0. The van der Waals surface area contributed by atoms with Crippen molar-refractivity contribution in [3.63, 3.8) is 0 Å². The zero-order valence-electron chi connectivity index (χ0n) is 12.9. The average Bonchev–Trinajstić information content (AvgIpc) is 2.49. The summed E-state index contributed by atoms with van der Waals surface area (Å²) in [6.45, 7) is 1.97. The van der Waals surface area contributed by atoms with E-state index in [0.29, 0.717) is 12.0 Å². The molecule has 1 aromatic carbocycles. The van der Waals surface area contributed by atoms with E-state index in [4.69, 9.17) is 15.2 Å². The van der Waals surface area contributed by atoms with Crippen LogP contribution >= 0.6 is 0 Å². The van der Waals surface area contributed by atoms with E-state index in [1.165, 1.54) is 6.26 Å². The number of allylic oxidation sites excluding steroid dienone is 2. The van der Waals surface area contributed by atoms with Crippen LogP contribution in [0, 0.1) is 5.92 Å². The highest BCUT2D eigenvalue weighted by molar-refractivity contribution is 5.70. The molecular weight excluding hydrogens is 298 g/mol. The van der Waals surface area contributed by atoms with Gasteiger partial charge in [-0.2, -0.15) is 0 Å². The maximum Gasteiger partial charge on any atom is 0.306 e. The molecule has 1 unspecified atom stereocenters. The van der Waals surface area contributed by atoms with Gasteiger partial charge >= 0.3 is 5.97 Å². The Kier molecular flexibility index (Phi) is 5.41. The van der Waals surface area contributed by atoms with Crippen molar-refractivity contribution < 1.29 is 24.5 Å². The van der Waals surface area contributed by atoms with E-state index in [2.05, 4.69) is 0 Å². The van der Waals surface area contributed by atoms with E-state index < -0.39 is 5.91 Å². The number of rotatable bonds is 5. The predicted octanol–water partition coefficient (Wildman–Crippen LogP) is 1.58. The summed E-state index contributed by atoms with van der Waals surface area (Å²) in [6, 6.07) is 6.72. The molecule has 4 N–H and O–H groups in total. The number of phenols is 1. The SMILES string of the molecule is C/C=C1\[C@H](CC(=O)OCCc2ccc(O)cc2)C=COC1(N)O. The van der Waals surface area contributed by atoms with Gasteiger partial charge in [-0.05, 0) is 30.7 Å². The van der Waals surface area contributed by atoms with E-state index in [1.807, 2.05) is 0 Å². The first-order chi connectivity index (χ1) is 10.9. The molecule has 0 fully saturated rings. The first kappa shape index (κ1) is 17.1. The summed E-state index contributed by atoms with van der Waals surface area (Å²) in [5.74, 6) is -2.42. The highest BCUT2D eigenvalue weighted by atomic mass is 16.6. The summed E-state index contributed by atoms with van der Waals surface area (Å²) < 4.78 is 10.2. The number of aromatic hydroxyl groups is 1. The zero-order chi connectivity index (χ0) is 16.9. The normalized spacial score (nSPS) is 25.2. The fourth-order valence-corrected chi connectivity index (χ4v) is 2.46. The highest BCUT2D eigenvalue weighted by Crippen LogP contribution is 2.30. The first-order valence-corrected chi connectivity index (χ1v) is 7.38. The summed E-state index contributed by atoms with van der Waals surface area (Å²) in [4.78, 5) is 11.9. The molecular formula is C17H21NO5. The molecule has 0 aliphatic carbocycles. The van der Waals surface area contributed by atoms with Crippen LogP contribution in [0.5, 0.6) is 5.75 Å². The first-order valence-electron chi connectivity index (χ1n) is 7.38. The molecule has 0 radical (unpaired) electrons. The van der Waals surface area contributed by atoms with Gasteiger partial charge in [0.2, 0.25) is 0 Å². The molecule has 124 valence electrons. The third-order valence-corrected chi connectivity index (χ3v) is 3.66. The molecule has 1 aliphatic heterocycles. The maximum absolute atomic E-state index is 11.9. The number of esters is 1. The van der Waals surface area contributed by atoms with Gasteiger partial charge in [0.15, 0.2) is 0 Å². The number of phenolic OH excluding ortho intramolecular Hbond substituents is 1. The number of carbonyl (C=O) groups excluding carboxylic acids is 1. The monoisotopic (exact) mass is 319 g/mol. The molecule has 6 nitrogen and oxygen atoms in total. The Morgan fingerprint density at radius 2 is 2.13 bits per heavy atom. The fraction of sp³-hybridized carbons (Fsp3) is 0.353. The number of hydrogen-bond acceptors (Lipinski definition) is 6. The largest absolute Gasteiger partial charge is 0.508 e. The second-order valence-corrected chi connectivity index (χ2v) is 5.33. The Morgan fingerprint density at radius 1 is 1.43 bits per heavy atom. The van der Waals surface area contributed by atoms with Crippen LogP contribution < -0.4 is 5.73 Å². The van der Waals surface area contributed by atoms with E-state index in [9.17, 15) is 15.0 Å². The van der Waals surface area contributed by atoms with Crippen molar-refractivity contribution >= 4 is 5.97 Å². The van der Waals surface area contributed by atoms with E-state index >= 15 is 0 Å². The molecule has 0 amide bonds. The van der Waals surface area contributed by atoms with E-state index in [1.54, 1.807) is 43.3 Å². The van der Waals surface area contributed by atoms with Crippen molar-refractivity contribution in [2.75, 3.05) is 6.61 Å². The van der Waals surface area contributed by atoms with Gasteiger partial charge in [0.25, 0.3) is 5.91 Å². The van der Waals surface area contributed by atoms with Gasteiger partial charge < -0.3 is 19.7 Å². The van der Waals surface area contributed by atoms with Crippen molar-refractivity contribution in [2.24, 2.45) is 11.7 Å². The van der Waals surface area contributed by atoms with Crippen LogP contribution in [0.25, 0.3) is 0 Å². The van der Waals surface area contributed by atoms with Crippen LogP contribution in [0.3, 0.4) is 0 Å². The van der Waals surface area contributed by atoms with Crippen molar-refractivity contribution in [1.82, 2.24) is 0 Å². The van der Waals surface area contributed by atoms with E-state index in [0.717, 1.165) is 5.56 Å². The minimum Gasteiger partial charge on any atom is -0.508 e. The summed E-state index contributed by atoms with van der Waals surface area (Å²) in [5, 5.41) is 19.1. The minimum absolute atomic E-state index is 0.0780. The van der Waals surface area contributed by atoms with Crippen LogP contribution in [0.2, 0.25) is 0 Å². The fourth-order valence-electron chi connectivity index (χ4n) is 2.46. The van der Waals surface area contributed by atoms with Gasteiger partial charge in [-0.15, -0.1) is 0 Å². The Labute approximate surface area is 134 Å². The lowest BCUT2D eigenvalue weighted by molar-refractivity contribution is -0.149. The van der Waals surface area contributed by atoms with Gasteiger partial charge in [-0.3, -0.25) is 10.5 Å². The molecule has 6 heteroatoms.